The van der Waals surface area contributed by atoms with Crippen molar-refractivity contribution in [1.29, 1.82) is 0 Å². The maximum atomic E-state index is 11.9. The highest BCUT2D eigenvalue weighted by Crippen LogP contribution is 2.10. The van der Waals surface area contributed by atoms with Crippen LogP contribution < -0.4 is 10.6 Å². The van der Waals surface area contributed by atoms with Crippen LogP contribution in [-0.4, -0.2) is 22.9 Å². The second-order valence-corrected chi connectivity index (χ2v) is 4.50. The first-order valence-electron chi connectivity index (χ1n) is 6.67. The lowest BCUT2D eigenvalue weighted by Crippen LogP contribution is -2.22. The molecule has 0 bridgehead atoms. The largest absolute Gasteiger partial charge is 0.478 e. The predicted octanol–water partition coefficient (Wildman–Crippen LogP) is 1.79. The maximum Gasteiger partial charge on any atom is 0.328 e. The first kappa shape index (κ1) is 16.0. The quantitative estimate of drug-likeness (QED) is 0.704. The number of anilines is 1. The molecule has 0 fully saturated rings. The highest BCUT2D eigenvalue weighted by molar-refractivity contribution is 6.02. The summed E-state index contributed by atoms with van der Waals surface area (Å²) in [6.07, 6.45) is 3.18. The van der Waals surface area contributed by atoms with E-state index in [1.165, 1.54) is 6.26 Å². The highest BCUT2D eigenvalue weighted by atomic mass is 16.4. The lowest BCUT2D eigenvalue weighted by Gasteiger charge is -2.05. The first-order chi connectivity index (χ1) is 11.0. The van der Waals surface area contributed by atoms with Crippen molar-refractivity contribution in [1.82, 2.24) is 5.32 Å². The molecule has 0 saturated carbocycles. The van der Waals surface area contributed by atoms with Gasteiger partial charge in [-0.2, -0.15) is 0 Å². The molecular formula is C16H14N2O5. The van der Waals surface area contributed by atoms with E-state index < -0.39 is 11.9 Å². The van der Waals surface area contributed by atoms with Gasteiger partial charge in [0.05, 0.1) is 12.8 Å². The van der Waals surface area contributed by atoms with Gasteiger partial charge in [-0.3, -0.25) is 9.59 Å². The Morgan fingerprint density at radius 1 is 1.09 bits per heavy atom. The van der Waals surface area contributed by atoms with Crippen LogP contribution >= 0.6 is 0 Å². The van der Waals surface area contributed by atoms with E-state index in [9.17, 15) is 14.4 Å². The van der Waals surface area contributed by atoms with Gasteiger partial charge < -0.3 is 20.2 Å². The number of furan rings is 1. The third-order valence-electron chi connectivity index (χ3n) is 2.80. The minimum atomic E-state index is -1.20. The second kappa shape index (κ2) is 7.60. The zero-order valence-electron chi connectivity index (χ0n) is 12.0. The van der Waals surface area contributed by atoms with Gasteiger partial charge in [0, 0.05) is 23.4 Å². The Hall–Kier alpha value is -3.35. The molecule has 2 rings (SSSR count). The number of carbonyl (C=O) groups excluding carboxylic acids is 2. The van der Waals surface area contributed by atoms with Gasteiger partial charge in [0.2, 0.25) is 5.91 Å². The van der Waals surface area contributed by atoms with Gasteiger partial charge in [0.1, 0.15) is 5.76 Å². The summed E-state index contributed by atoms with van der Waals surface area (Å²) in [5.41, 5.74) is 0.878. The molecule has 7 nitrogen and oxygen atoms in total. The number of benzene rings is 1. The Bertz CT molecular complexity index is 717. The number of rotatable bonds is 6. The molecule has 0 unspecified atom stereocenters. The maximum absolute atomic E-state index is 11.9. The lowest BCUT2D eigenvalue weighted by atomic mass is 10.2. The molecule has 2 aromatic rings. The van der Waals surface area contributed by atoms with Crippen molar-refractivity contribution < 1.29 is 23.9 Å². The number of aliphatic carboxylic acids is 1. The molecule has 118 valence electrons. The van der Waals surface area contributed by atoms with Crippen LogP contribution in [0.2, 0.25) is 0 Å². The Balaban J connectivity index is 1.89. The Labute approximate surface area is 131 Å². The number of carboxylic acid groups (broad SMARTS) is 1. The summed E-state index contributed by atoms with van der Waals surface area (Å²) in [5, 5.41) is 13.6. The Morgan fingerprint density at radius 2 is 1.83 bits per heavy atom. The fourth-order valence-corrected chi connectivity index (χ4v) is 1.72. The van der Waals surface area contributed by atoms with E-state index in [-0.39, 0.29) is 12.5 Å². The molecule has 0 atom stereocenters. The standard InChI is InChI=1S/C16H14N2O5/c19-14(7-8-15(20)21)18-12-5-3-11(4-6-12)16(22)17-10-13-2-1-9-23-13/h1-9H,10H2,(H,17,22)(H,18,19)(H,20,21)/b8-7+. The van der Waals surface area contributed by atoms with E-state index in [1.807, 2.05) is 0 Å². The number of hydrogen-bond donors (Lipinski definition) is 3. The number of amides is 2. The van der Waals surface area contributed by atoms with Crippen molar-refractivity contribution in [2.24, 2.45) is 0 Å². The van der Waals surface area contributed by atoms with Crippen LogP contribution in [0.5, 0.6) is 0 Å². The second-order valence-electron chi connectivity index (χ2n) is 4.50. The summed E-state index contributed by atoms with van der Waals surface area (Å²) < 4.78 is 5.11. The van der Waals surface area contributed by atoms with E-state index in [4.69, 9.17) is 9.52 Å². The molecule has 0 aliphatic rings. The number of nitrogens with one attached hydrogen (secondary N) is 2. The molecule has 0 aliphatic carbocycles. The molecule has 0 aliphatic heterocycles. The molecule has 1 aromatic carbocycles. The summed E-state index contributed by atoms with van der Waals surface area (Å²) >= 11 is 0. The van der Waals surface area contributed by atoms with E-state index in [0.717, 1.165) is 12.2 Å². The third kappa shape index (κ3) is 5.16. The molecule has 1 aromatic heterocycles. The van der Waals surface area contributed by atoms with Crippen LogP contribution in [0.1, 0.15) is 16.1 Å². The molecule has 0 radical (unpaired) electrons. The van der Waals surface area contributed by atoms with Crippen molar-refractivity contribution in [2.45, 2.75) is 6.54 Å². The Morgan fingerprint density at radius 3 is 2.43 bits per heavy atom. The van der Waals surface area contributed by atoms with E-state index in [1.54, 1.807) is 36.4 Å². The van der Waals surface area contributed by atoms with Gasteiger partial charge in [-0.25, -0.2) is 4.79 Å². The first-order valence-corrected chi connectivity index (χ1v) is 6.67. The summed E-state index contributed by atoms with van der Waals surface area (Å²) in [6, 6.07) is 9.69. The van der Waals surface area contributed by atoms with Crippen LogP contribution in [0.25, 0.3) is 0 Å². The Kier molecular flexibility index (Phi) is 5.30. The van der Waals surface area contributed by atoms with E-state index >= 15 is 0 Å². The van der Waals surface area contributed by atoms with Gasteiger partial charge in [0.25, 0.3) is 5.91 Å². The van der Waals surface area contributed by atoms with Crippen LogP contribution in [-0.2, 0) is 16.1 Å². The minimum Gasteiger partial charge on any atom is -0.478 e. The van der Waals surface area contributed by atoms with Crippen molar-refractivity contribution in [3.05, 3.63) is 66.1 Å². The zero-order chi connectivity index (χ0) is 16.7. The van der Waals surface area contributed by atoms with Crippen LogP contribution in [0.3, 0.4) is 0 Å². The predicted molar refractivity (Wildman–Crippen MR) is 81.7 cm³/mol. The normalized spacial score (nSPS) is 10.4. The SMILES string of the molecule is O=C(O)/C=C/C(=O)Nc1ccc(C(=O)NCc2ccco2)cc1. The average molecular weight is 314 g/mol. The van der Waals surface area contributed by atoms with Gasteiger partial charge in [0.15, 0.2) is 0 Å². The van der Waals surface area contributed by atoms with E-state index in [2.05, 4.69) is 10.6 Å². The van der Waals surface area contributed by atoms with Gasteiger partial charge >= 0.3 is 5.97 Å². The van der Waals surface area contributed by atoms with Crippen LogP contribution in [0.15, 0.2) is 59.2 Å². The molecular weight excluding hydrogens is 300 g/mol. The topological polar surface area (TPSA) is 109 Å². The van der Waals surface area contributed by atoms with Gasteiger partial charge in [-0.1, -0.05) is 0 Å². The molecule has 0 spiro atoms. The summed E-state index contributed by atoms with van der Waals surface area (Å²) in [6.45, 7) is 0.282. The van der Waals surface area contributed by atoms with Crippen molar-refractivity contribution in [3.8, 4) is 0 Å². The third-order valence-corrected chi connectivity index (χ3v) is 2.80. The number of hydrogen-bond acceptors (Lipinski definition) is 4. The fourth-order valence-electron chi connectivity index (χ4n) is 1.72. The minimum absolute atomic E-state index is 0.273. The molecule has 1 heterocycles. The van der Waals surface area contributed by atoms with Crippen molar-refractivity contribution in [3.63, 3.8) is 0 Å². The van der Waals surface area contributed by atoms with Crippen LogP contribution in [0.4, 0.5) is 5.69 Å². The molecule has 7 heteroatoms. The smallest absolute Gasteiger partial charge is 0.328 e. The summed E-state index contributed by atoms with van der Waals surface area (Å²) in [5.74, 6) is -1.40. The van der Waals surface area contributed by atoms with E-state index in [0.29, 0.717) is 17.0 Å². The zero-order valence-corrected chi connectivity index (χ0v) is 12.0. The van der Waals surface area contributed by atoms with Crippen molar-refractivity contribution in [2.75, 3.05) is 5.32 Å². The molecule has 3 N–H and O–H groups in total. The number of carboxylic acids is 1. The number of carbonyl (C=O) groups is 3. The summed E-state index contributed by atoms with van der Waals surface area (Å²) in [7, 11) is 0. The summed E-state index contributed by atoms with van der Waals surface area (Å²) in [4.78, 5) is 33.7. The van der Waals surface area contributed by atoms with Crippen molar-refractivity contribution >= 4 is 23.5 Å². The highest BCUT2D eigenvalue weighted by Gasteiger charge is 2.06. The monoisotopic (exact) mass is 314 g/mol. The van der Waals surface area contributed by atoms with Crippen LogP contribution in [0, 0.1) is 0 Å². The van der Waals surface area contributed by atoms with Gasteiger partial charge in [-0.05, 0) is 36.4 Å². The molecule has 0 saturated heterocycles. The fraction of sp³-hybridized carbons (Fsp3) is 0.0625. The lowest BCUT2D eigenvalue weighted by molar-refractivity contribution is -0.131. The molecule has 2 amide bonds. The molecule has 23 heavy (non-hydrogen) atoms. The average Bonchev–Trinajstić information content (AvgIpc) is 3.05. The van der Waals surface area contributed by atoms with Gasteiger partial charge in [-0.15, -0.1) is 0 Å².